The van der Waals surface area contributed by atoms with Gasteiger partial charge in [0.05, 0.1) is 15.9 Å². The first-order chi connectivity index (χ1) is 11.7. The Morgan fingerprint density at radius 1 is 1.29 bits per heavy atom. The second-order valence-corrected chi connectivity index (χ2v) is 7.49. The van der Waals surface area contributed by atoms with Crippen LogP contribution in [0.3, 0.4) is 0 Å². The van der Waals surface area contributed by atoms with E-state index in [1.54, 1.807) is 11.3 Å². The molecule has 1 amide bonds. The van der Waals surface area contributed by atoms with Crippen LogP contribution in [-0.2, 0) is 0 Å². The predicted octanol–water partition coefficient (Wildman–Crippen LogP) is 3.14. The van der Waals surface area contributed by atoms with E-state index in [0.717, 1.165) is 23.1 Å². The number of nitrogens with zero attached hydrogens (tertiary/aromatic N) is 4. The maximum Gasteiger partial charge on any atom is 0.274 e. The lowest BCUT2D eigenvalue weighted by Crippen LogP contribution is -2.41. The maximum atomic E-state index is 12.5. The first-order valence-corrected chi connectivity index (χ1v) is 9.40. The highest BCUT2D eigenvalue weighted by Crippen LogP contribution is 2.29. The van der Waals surface area contributed by atoms with Gasteiger partial charge >= 0.3 is 0 Å². The van der Waals surface area contributed by atoms with Gasteiger partial charge in [0.15, 0.2) is 0 Å². The molecule has 8 heteroatoms. The topological polar surface area (TPSA) is 68.2 Å². The molecule has 0 atom stereocenters. The molecule has 1 aliphatic rings. The molecule has 0 N–H and O–H groups in total. The molecule has 1 fully saturated rings. The van der Waals surface area contributed by atoms with Gasteiger partial charge in [-0.1, -0.05) is 28.0 Å². The fourth-order valence-corrected chi connectivity index (χ4v) is 4.30. The number of hydrogen-bond donors (Lipinski definition) is 0. The van der Waals surface area contributed by atoms with Crippen molar-refractivity contribution in [1.29, 1.82) is 0 Å². The summed E-state index contributed by atoms with van der Waals surface area (Å²) in [6, 6.07) is 8.02. The Hall–Kier alpha value is -2.06. The number of likely N-dealkylation sites (tertiary alicyclic amines) is 1. The SMILES string of the molecule is Cc1nnsc1C(=O)N1CCC(Oc2nc3ccccc3s2)CC1. The zero-order chi connectivity index (χ0) is 16.5. The van der Waals surface area contributed by atoms with Gasteiger partial charge < -0.3 is 9.64 Å². The summed E-state index contributed by atoms with van der Waals surface area (Å²) >= 11 is 2.73. The van der Waals surface area contributed by atoms with Gasteiger partial charge in [0.2, 0.25) is 0 Å². The van der Waals surface area contributed by atoms with E-state index in [-0.39, 0.29) is 12.0 Å². The molecule has 2 aromatic heterocycles. The van der Waals surface area contributed by atoms with Gasteiger partial charge in [0, 0.05) is 25.9 Å². The number of fused-ring (bicyclic) bond motifs is 1. The van der Waals surface area contributed by atoms with Crippen LogP contribution in [0.15, 0.2) is 24.3 Å². The van der Waals surface area contributed by atoms with E-state index >= 15 is 0 Å². The van der Waals surface area contributed by atoms with Gasteiger partial charge in [-0.2, -0.15) is 0 Å². The number of thiazole rings is 1. The Labute approximate surface area is 147 Å². The van der Waals surface area contributed by atoms with Crippen molar-refractivity contribution in [1.82, 2.24) is 19.5 Å². The fraction of sp³-hybridized carbons (Fsp3) is 0.375. The lowest BCUT2D eigenvalue weighted by molar-refractivity contribution is 0.0599. The number of hydrogen-bond acceptors (Lipinski definition) is 7. The van der Waals surface area contributed by atoms with Gasteiger partial charge in [0.25, 0.3) is 11.1 Å². The third-order valence-electron chi connectivity index (χ3n) is 4.12. The summed E-state index contributed by atoms with van der Waals surface area (Å²) in [6.07, 6.45) is 1.73. The number of piperidine rings is 1. The highest BCUT2D eigenvalue weighted by Gasteiger charge is 2.27. The molecule has 0 radical (unpaired) electrons. The molecule has 1 aromatic carbocycles. The quantitative estimate of drug-likeness (QED) is 0.718. The normalized spacial score (nSPS) is 15.8. The Kier molecular flexibility index (Phi) is 4.15. The van der Waals surface area contributed by atoms with Crippen LogP contribution in [0.4, 0.5) is 0 Å². The lowest BCUT2D eigenvalue weighted by atomic mass is 10.1. The van der Waals surface area contributed by atoms with Crippen LogP contribution in [0.25, 0.3) is 10.2 Å². The molecule has 3 heterocycles. The third kappa shape index (κ3) is 2.99. The van der Waals surface area contributed by atoms with Crippen LogP contribution in [0.2, 0.25) is 0 Å². The zero-order valence-electron chi connectivity index (χ0n) is 13.1. The molecule has 1 aliphatic heterocycles. The van der Waals surface area contributed by atoms with E-state index in [1.807, 2.05) is 36.1 Å². The summed E-state index contributed by atoms with van der Waals surface area (Å²) in [5.74, 6) is 0.0286. The number of aromatic nitrogens is 3. The van der Waals surface area contributed by atoms with E-state index < -0.39 is 0 Å². The number of ether oxygens (including phenoxy) is 1. The molecule has 3 aromatic rings. The van der Waals surface area contributed by atoms with Crippen LogP contribution in [-0.4, -0.2) is 44.6 Å². The first-order valence-electron chi connectivity index (χ1n) is 7.81. The van der Waals surface area contributed by atoms with E-state index in [4.69, 9.17) is 4.74 Å². The largest absolute Gasteiger partial charge is 0.467 e. The van der Waals surface area contributed by atoms with E-state index in [0.29, 0.717) is 28.9 Å². The van der Waals surface area contributed by atoms with Gasteiger partial charge in [-0.3, -0.25) is 4.79 Å². The fourth-order valence-electron chi connectivity index (χ4n) is 2.79. The standard InChI is InChI=1S/C16H16N4O2S2/c1-10-14(24-19-18-10)15(21)20-8-6-11(7-9-20)22-16-17-12-4-2-3-5-13(12)23-16/h2-5,11H,6-9H2,1H3. The third-order valence-corrected chi connectivity index (χ3v) is 5.86. The van der Waals surface area contributed by atoms with Crippen molar-refractivity contribution in [3.05, 3.63) is 34.8 Å². The minimum Gasteiger partial charge on any atom is -0.467 e. The molecular weight excluding hydrogens is 344 g/mol. The smallest absolute Gasteiger partial charge is 0.274 e. The van der Waals surface area contributed by atoms with E-state index in [2.05, 4.69) is 14.6 Å². The second-order valence-electron chi connectivity index (χ2n) is 5.74. The molecular formula is C16H16N4O2S2. The minimum atomic E-state index is 0.0286. The minimum absolute atomic E-state index is 0.0286. The number of amides is 1. The predicted molar refractivity (Wildman–Crippen MR) is 93.8 cm³/mol. The van der Waals surface area contributed by atoms with Crippen molar-refractivity contribution >= 4 is 39.0 Å². The molecule has 0 saturated carbocycles. The van der Waals surface area contributed by atoms with Crippen LogP contribution in [0.5, 0.6) is 5.19 Å². The Morgan fingerprint density at radius 3 is 2.79 bits per heavy atom. The summed E-state index contributed by atoms with van der Waals surface area (Å²) in [5.41, 5.74) is 1.68. The molecule has 0 aliphatic carbocycles. The highest BCUT2D eigenvalue weighted by atomic mass is 32.1. The average molecular weight is 360 g/mol. The zero-order valence-corrected chi connectivity index (χ0v) is 14.8. The van der Waals surface area contributed by atoms with Crippen molar-refractivity contribution in [2.45, 2.75) is 25.9 Å². The van der Waals surface area contributed by atoms with Crippen molar-refractivity contribution in [2.24, 2.45) is 0 Å². The van der Waals surface area contributed by atoms with Gasteiger partial charge in [-0.25, -0.2) is 4.98 Å². The Morgan fingerprint density at radius 2 is 2.08 bits per heavy atom. The average Bonchev–Trinajstić information content (AvgIpc) is 3.20. The number of aryl methyl sites for hydroxylation is 1. The molecule has 6 nitrogen and oxygen atoms in total. The van der Waals surface area contributed by atoms with E-state index in [1.165, 1.54) is 11.5 Å². The van der Waals surface area contributed by atoms with Crippen LogP contribution >= 0.6 is 22.9 Å². The summed E-state index contributed by atoms with van der Waals surface area (Å²) < 4.78 is 11.0. The van der Waals surface area contributed by atoms with Crippen molar-refractivity contribution in [3.8, 4) is 5.19 Å². The molecule has 1 saturated heterocycles. The number of para-hydroxylation sites is 1. The van der Waals surface area contributed by atoms with Gasteiger partial charge in [-0.15, -0.1) is 5.10 Å². The molecule has 124 valence electrons. The van der Waals surface area contributed by atoms with Gasteiger partial charge in [-0.05, 0) is 30.6 Å². The Balaban J connectivity index is 1.37. The molecule has 0 spiro atoms. The van der Waals surface area contributed by atoms with Crippen molar-refractivity contribution in [3.63, 3.8) is 0 Å². The number of carbonyl (C=O) groups excluding carboxylic acids is 1. The van der Waals surface area contributed by atoms with Gasteiger partial charge in [0.1, 0.15) is 11.0 Å². The summed E-state index contributed by atoms with van der Waals surface area (Å²) in [4.78, 5) is 19.5. The number of carbonyl (C=O) groups is 1. The van der Waals surface area contributed by atoms with Crippen molar-refractivity contribution in [2.75, 3.05) is 13.1 Å². The van der Waals surface area contributed by atoms with Crippen molar-refractivity contribution < 1.29 is 9.53 Å². The molecule has 4 rings (SSSR count). The summed E-state index contributed by atoms with van der Waals surface area (Å²) in [7, 11) is 0. The molecule has 0 bridgehead atoms. The number of rotatable bonds is 3. The highest BCUT2D eigenvalue weighted by molar-refractivity contribution is 7.20. The van der Waals surface area contributed by atoms with Crippen LogP contribution in [0.1, 0.15) is 28.2 Å². The van der Waals surface area contributed by atoms with E-state index in [9.17, 15) is 4.79 Å². The molecule has 0 unspecified atom stereocenters. The molecule has 24 heavy (non-hydrogen) atoms. The summed E-state index contributed by atoms with van der Waals surface area (Å²) in [5, 5.41) is 4.63. The van der Waals surface area contributed by atoms with Crippen LogP contribution in [0, 0.1) is 6.92 Å². The number of benzene rings is 1. The monoisotopic (exact) mass is 360 g/mol. The first kappa shape index (κ1) is 15.5. The lowest BCUT2D eigenvalue weighted by Gasteiger charge is -2.31. The maximum absolute atomic E-state index is 12.5. The Bertz CT molecular complexity index is 835. The van der Waals surface area contributed by atoms with Crippen LogP contribution < -0.4 is 4.74 Å². The second kappa shape index (κ2) is 6.45. The summed E-state index contributed by atoms with van der Waals surface area (Å²) in [6.45, 7) is 3.19.